The van der Waals surface area contributed by atoms with Crippen LogP contribution in [0.3, 0.4) is 0 Å². The number of fused-ring (bicyclic) bond motifs is 1. The van der Waals surface area contributed by atoms with Crippen molar-refractivity contribution >= 4 is 28.7 Å². The first-order valence-electron chi connectivity index (χ1n) is 10.8. The molecule has 0 aliphatic heterocycles. The Morgan fingerprint density at radius 2 is 1.62 bits per heavy atom. The lowest BCUT2D eigenvalue weighted by molar-refractivity contribution is -0.137. The van der Waals surface area contributed by atoms with Crippen LogP contribution in [0.2, 0.25) is 0 Å². The molecule has 0 atom stereocenters. The number of rotatable bonds is 8. The molecule has 0 aliphatic rings. The van der Waals surface area contributed by atoms with Gasteiger partial charge >= 0.3 is 6.18 Å². The van der Waals surface area contributed by atoms with E-state index < -0.39 is 23.6 Å². The molecule has 2 N–H and O–H groups in total. The Morgan fingerprint density at radius 1 is 0.941 bits per heavy atom. The fraction of sp³-hybridized carbons (Fsp3) is 0.231. The van der Waals surface area contributed by atoms with Crippen molar-refractivity contribution in [2.45, 2.75) is 12.6 Å². The Hall–Kier alpha value is -3.65. The zero-order valence-corrected chi connectivity index (χ0v) is 18.9. The van der Waals surface area contributed by atoms with Gasteiger partial charge in [0.25, 0.3) is 11.8 Å². The third-order valence-electron chi connectivity index (χ3n) is 5.16. The number of hydrogen-bond acceptors (Lipinski definition) is 3. The van der Waals surface area contributed by atoms with Crippen LogP contribution in [0.25, 0.3) is 16.8 Å². The Morgan fingerprint density at radius 3 is 2.29 bits per heavy atom. The molecule has 0 bridgehead atoms. The smallest absolute Gasteiger partial charge is 0.351 e. The molecule has 8 heteroatoms. The van der Waals surface area contributed by atoms with Crippen molar-refractivity contribution in [1.82, 2.24) is 15.5 Å². The van der Waals surface area contributed by atoms with Gasteiger partial charge in [-0.15, -0.1) is 0 Å². The molecule has 0 spiro atoms. The molecule has 0 aromatic heterocycles. The van der Waals surface area contributed by atoms with E-state index in [1.807, 2.05) is 61.5 Å². The summed E-state index contributed by atoms with van der Waals surface area (Å²) in [4.78, 5) is 27.7. The summed E-state index contributed by atoms with van der Waals surface area (Å²) in [6.07, 6.45) is -2.21. The largest absolute Gasteiger partial charge is 0.416 e. The summed E-state index contributed by atoms with van der Waals surface area (Å²) in [5, 5.41) is 7.23. The van der Waals surface area contributed by atoms with Gasteiger partial charge in [0.2, 0.25) is 0 Å². The highest BCUT2D eigenvalue weighted by Gasteiger charge is 2.30. The number of nitrogens with one attached hydrogen (secondary N) is 2. The summed E-state index contributed by atoms with van der Waals surface area (Å²) in [6.45, 7) is 1.18. The van der Waals surface area contributed by atoms with E-state index in [0.717, 1.165) is 47.1 Å². The third-order valence-corrected chi connectivity index (χ3v) is 5.16. The van der Waals surface area contributed by atoms with Gasteiger partial charge in [-0.2, -0.15) is 13.2 Å². The van der Waals surface area contributed by atoms with E-state index in [0.29, 0.717) is 13.0 Å². The maximum Gasteiger partial charge on any atom is 0.416 e. The molecular weight excluding hydrogens is 443 g/mol. The van der Waals surface area contributed by atoms with Crippen molar-refractivity contribution in [2.75, 3.05) is 27.2 Å². The molecule has 3 aromatic carbocycles. The number of alkyl halides is 3. The van der Waals surface area contributed by atoms with Crippen molar-refractivity contribution in [3.63, 3.8) is 0 Å². The van der Waals surface area contributed by atoms with Crippen LogP contribution in [0, 0.1) is 0 Å². The van der Waals surface area contributed by atoms with Gasteiger partial charge in [0.15, 0.2) is 0 Å². The van der Waals surface area contributed by atoms with Crippen LogP contribution in [0.4, 0.5) is 13.2 Å². The highest BCUT2D eigenvalue weighted by Crippen LogP contribution is 2.29. The average Bonchev–Trinajstić information content (AvgIpc) is 2.80. The fourth-order valence-electron chi connectivity index (χ4n) is 3.39. The van der Waals surface area contributed by atoms with Crippen LogP contribution in [-0.4, -0.2) is 43.9 Å². The van der Waals surface area contributed by atoms with Crippen molar-refractivity contribution in [1.29, 1.82) is 0 Å². The molecule has 0 aliphatic carbocycles. The van der Waals surface area contributed by atoms with Gasteiger partial charge in [0.05, 0.1) is 5.56 Å². The summed E-state index contributed by atoms with van der Waals surface area (Å²) in [6, 6.07) is 17.1. The summed E-state index contributed by atoms with van der Waals surface area (Å²) < 4.78 is 38.5. The standard InChI is InChI=1S/C26H26F3N3O2/c1-32(2)16-6-15-30-25(34)23(17-20-9-5-8-18-7-3-4-10-22(18)20)31-24(33)19-11-13-21(14-12-19)26(27,28)29/h3-5,7-14,17H,6,15-16H2,1-2H3,(H,30,34)(H,31,33)/b23-17-. The lowest BCUT2D eigenvalue weighted by Crippen LogP contribution is -2.36. The van der Waals surface area contributed by atoms with Gasteiger partial charge in [-0.05, 0) is 73.7 Å². The predicted octanol–water partition coefficient (Wildman–Crippen LogP) is 4.70. The number of halogens is 3. The second-order valence-corrected chi connectivity index (χ2v) is 8.07. The number of carbonyl (C=O) groups is 2. The van der Waals surface area contributed by atoms with Crippen LogP contribution in [0.1, 0.15) is 27.9 Å². The molecule has 34 heavy (non-hydrogen) atoms. The topological polar surface area (TPSA) is 61.4 Å². The van der Waals surface area contributed by atoms with Crippen LogP contribution in [0.15, 0.2) is 72.4 Å². The normalized spacial score (nSPS) is 12.1. The summed E-state index contributed by atoms with van der Waals surface area (Å²) in [5.74, 6) is -1.16. The van der Waals surface area contributed by atoms with Crippen molar-refractivity contribution in [2.24, 2.45) is 0 Å². The summed E-state index contributed by atoms with van der Waals surface area (Å²) in [5.41, 5.74) is -0.109. The van der Waals surface area contributed by atoms with Crippen LogP contribution in [-0.2, 0) is 11.0 Å². The van der Waals surface area contributed by atoms with E-state index in [2.05, 4.69) is 10.6 Å². The molecule has 3 rings (SSSR count). The lowest BCUT2D eigenvalue weighted by Gasteiger charge is -2.14. The molecule has 3 aromatic rings. The Bertz CT molecular complexity index is 1180. The van der Waals surface area contributed by atoms with Gasteiger partial charge in [0.1, 0.15) is 5.70 Å². The van der Waals surface area contributed by atoms with Gasteiger partial charge < -0.3 is 15.5 Å². The van der Waals surface area contributed by atoms with E-state index in [-0.39, 0.29) is 11.3 Å². The van der Waals surface area contributed by atoms with Crippen LogP contribution >= 0.6 is 0 Å². The molecule has 0 radical (unpaired) electrons. The van der Waals surface area contributed by atoms with Crippen LogP contribution in [0.5, 0.6) is 0 Å². The minimum absolute atomic E-state index is 0.00565. The van der Waals surface area contributed by atoms with Crippen molar-refractivity contribution < 1.29 is 22.8 Å². The number of hydrogen-bond donors (Lipinski definition) is 2. The minimum Gasteiger partial charge on any atom is -0.351 e. The van der Waals surface area contributed by atoms with E-state index in [1.165, 1.54) is 0 Å². The van der Waals surface area contributed by atoms with Crippen molar-refractivity contribution in [3.8, 4) is 0 Å². The molecule has 0 heterocycles. The lowest BCUT2D eigenvalue weighted by atomic mass is 10.0. The molecule has 0 unspecified atom stereocenters. The first-order chi connectivity index (χ1) is 16.1. The van der Waals surface area contributed by atoms with Crippen molar-refractivity contribution in [3.05, 3.63) is 89.1 Å². The van der Waals surface area contributed by atoms with Crippen LogP contribution < -0.4 is 10.6 Å². The molecule has 178 valence electrons. The number of carbonyl (C=O) groups excluding carboxylic acids is 2. The summed E-state index contributed by atoms with van der Waals surface area (Å²) in [7, 11) is 3.86. The number of nitrogens with zero attached hydrogens (tertiary/aromatic N) is 1. The molecule has 5 nitrogen and oxygen atoms in total. The van der Waals surface area contributed by atoms with E-state index in [9.17, 15) is 22.8 Å². The average molecular weight is 470 g/mol. The monoisotopic (exact) mass is 469 g/mol. The molecule has 0 fully saturated rings. The minimum atomic E-state index is -4.50. The first-order valence-corrected chi connectivity index (χ1v) is 10.8. The Kier molecular flexibility index (Phi) is 8.07. The highest BCUT2D eigenvalue weighted by molar-refractivity contribution is 6.06. The number of amides is 2. The Balaban J connectivity index is 1.87. The van der Waals surface area contributed by atoms with E-state index in [4.69, 9.17) is 0 Å². The SMILES string of the molecule is CN(C)CCCNC(=O)/C(=C/c1cccc2ccccc12)NC(=O)c1ccc(C(F)(F)F)cc1. The fourth-order valence-corrected chi connectivity index (χ4v) is 3.39. The maximum atomic E-state index is 12.9. The van der Waals surface area contributed by atoms with Gasteiger partial charge in [-0.1, -0.05) is 42.5 Å². The quantitative estimate of drug-likeness (QED) is 0.372. The number of benzene rings is 3. The predicted molar refractivity (Wildman–Crippen MR) is 127 cm³/mol. The second kappa shape index (κ2) is 11.0. The van der Waals surface area contributed by atoms with Gasteiger partial charge in [-0.3, -0.25) is 9.59 Å². The third kappa shape index (κ3) is 6.68. The zero-order chi connectivity index (χ0) is 24.7. The highest BCUT2D eigenvalue weighted by atomic mass is 19.4. The first kappa shape index (κ1) is 25.0. The van der Waals surface area contributed by atoms with Gasteiger partial charge in [-0.25, -0.2) is 0 Å². The zero-order valence-electron chi connectivity index (χ0n) is 18.9. The molecule has 0 saturated carbocycles. The molecule has 0 saturated heterocycles. The van der Waals surface area contributed by atoms with E-state index >= 15 is 0 Å². The maximum absolute atomic E-state index is 12.9. The molecule has 2 amide bonds. The molecular formula is C26H26F3N3O2. The van der Waals surface area contributed by atoms with E-state index in [1.54, 1.807) is 6.08 Å². The Labute approximate surface area is 196 Å². The summed E-state index contributed by atoms with van der Waals surface area (Å²) >= 11 is 0. The van der Waals surface area contributed by atoms with Gasteiger partial charge in [0, 0.05) is 12.1 Å². The second-order valence-electron chi connectivity index (χ2n) is 8.07.